The lowest BCUT2D eigenvalue weighted by Crippen LogP contribution is -2.51. The molecule has 5 heterocycles. The lowest BCUT2D eigenvalue weighted by Gasteiger charge is -2.40. The lowest BCUT2D eigenvalue weighted by molar-refractivity contribution is 0.117. The van der Waals surface area contributed by atoms with Gasteiger partial charge in [0.15, 0.2) is 5.82 Å². The smallest absolute Gasteiger partial charge is 0.158 e. The van der Waals surface area contributed by atoms with E-state index in [1.54, 1.807) is 11.3 Å². The van der Waals surface area contributed by atoms with Crippen molar-refractivity contribution in [1.29, 1.82) is 0 Å². The molecule has 2 aliphatic heterocycles. The van der Waals surface area contributed by atoms with Crippen molar-refractivity contribution in [3.63, 3.8) is 0 Å². The van der Waals surface area contributed by atoms with Crippen LogP contribution in [0.15, 0.2) is 53.2 Å². The first-order valence-electron chi connectivity index (χ1n) is 8.86. The number of rotatable bonds is 3. The molecule has 1 saturated heterocycles. The average molecular weight is 364 g/mol. The van der Waals surface area contributed by atoms with Gasteiger partial charge >= 0.3 is 0 Å². The second-order valence-electron chi connectivity index (χ2n) is 6.68. The molecule has 6 nitrogen and oxygen atoms in total. The molecule has 7 heteroatoms. The van der Waals surface area contributed by atoms with E-state index in [2.05, 4.69) is 43.8 Å². The Morgan fingerprint density at radius 3 is 2.77 bits per heavy atom. The summed E-state index contributed by atoms with van der Waals surface area (Å²) in [6.07, 6.45) is 6.95. The maximum absolute atomic E-state index is 5.25. The molecule has 0 spiro atoms. The van der Waals surface area contributed by atoms with Gasteiger partial charge in [0.1, 0.15) is 23.7 Å². The van der Waals surface area contributed by atoms with Gasteiger partial charge in [-0.2, -0.15) is 0 Å². The van der Waals surface area contributed by atoms with Crippen molar-refractivity contribution < 1.29 is 0 Å². The molecule has 0 amide bonds. The fourth-order valence-electron chi connectivity index (χ4n) is 3.57. The molecule has 3 aromatic rings. The van der Waals surface area contributed by atoms with E-state index < -0.39 is 0 Å². The lowest BCUT2D eigenvalue weighted by atomic mass is 10.1. The Hall–Kier alpha value is -2.51. The first kappa shape index (κ1) is 15.7. The van der Waals surface area contributed by atoms with Crippen LogP contribution in [0.1, 0.15) is 28.7 Å². The fraction of sp³-hybridized carbons (Fsp3) is 0.316. The predicted molar refractivity (Wildman–Crippen MR) is 104 cm³/mol. The number of anilines is 1. The van der Waals surface area contributed by atoms with Gasteiger partial charge in [0.2, 0.25) is 0 Å². The van der Waals surface area contributed by atoms with Gasteiger partial charge in [0.05, 0.1) is 0 Å². The summed E-state index contributed by atoms with van der Waals surface area (Å²) in [7, 11) is 2.01. The molecule has 3 aromatic heterocycles. The number of aromatic nitrogens is 3. The largest absolute Gasteiger partial charge is 0.352 e. The Bertz CT molecular complexity index is 941. The topological polar surface area (TPSA) is 58.3 Å². The Kier molecular flexibility index (Phi) is 3.83. The van der Waals surface area contributed by atoms with Gasteiger partial charge < -0.3 is 9.88 Å². The maximum Gasteiger partial charge on any atom is 0.158 e. The van der Waals surface area contributed by atoms with E-state index in [0.717, 1.165) is 36.0 Å². The summed E-state index contributed by atoms with van der Waals surface area (Å²) < 4.78 is 2.02. The highest BCUT2D eigenvalue weighted by Crippen LogP contribution is 2.36. The number of pyridine rings is 1. The molecule has 5 rings (SSSR count). The van der Waals surface area contributed by atoms with Crippen LogP contribution in [-0.4, -0.2) is 44.4 Å². The van der Waals surface area contributed by atoms with Crippen molar-refractivity contribution in [2.75, 3.05) is 18.4 Å². The molecule has 0 bridgehead atoms. The van der Waals surface area contributed by atoms with Crippen molar-refractivity contribution in [1.82, 2.24) is 19.4 Å². The van der Waals surface area contributed by atoms with E-state index >= 15 is 0 Å². The quantitative estimate of drug-likeness (QED) is 0.776. The van der Waals surface area contributed by atoms with Crippen molar-refractivity contribution in [2.45, 2.75) is 18.6 Å². The van der Waals surface area contributed by atoms with Crippen molar-refractivity contribution >= 4 is 22.9 Å². The van der Waals surface area contributed by atoms with Crippen molar-refractivity contribution in [3.8, 4) is 0 Å². The third-order valence-corrected chi connectivity index (χ3v) is 6.01. The van der Waals surface area contributed by atoms with Gasteiger partial charge in [-0.3, -0.25) is 9.89 Å². The van der Waals surface area contributed by atoms with Crippen LogP contribution in [0.3, 0.4) is 0 Å². The van der Waals surface area contributed by atoms with E-state index in [0.29, 0.717) is 0 Å². The molecule has 2 atom stereocenters. The summed E-state index contributed by atoms with van der Waals surface area (Å²) in [6.45, 7) is 2.18. The number of hydrogen-bond donors (Lipinski definition) is 1. The molecule has 132 valence electrons. The van der Waals surface area contributed by atoms with E-state index in [9.17, 15) is 0 Å². The Morgan fingerprint density at radius 1 is 1.15 bits per heavy atom. The van der Waals surface area contributed by atoms with Crippen LogP contribution in [0.4, 0.5) is 5.82 Å². The van der Waals surface area contributed by atoms with Crippen LogP contribution in [0, 0.1) is 0 Å². The molecule has 0 aromatic carbocycles. The zero-order valence-electron chi connectivity index (χ0n) is 14.5. The third kappa shape index (κ3) is 2.55. The minimum absolute atomic E-state index is 0.0104. The molecule has 2 aliphatic rings. The molecule has 0 saturated carbocycles. The zero-order chi connectivity index (χ0) is 17.5. The number of thiophene rings is 1. The van der Waals surface area contributed by atoms with Crippen LogP contribution in [0.25, 0.3) is 0 Å². The van der Waals surface area contributed by atoms with Crippen molar-refractivity contribution in [3.05, 3.63) is 64.5 Å². The molecule has 0 aliphatic carbocycles. The van der Waals surface area contributed by atoms with Crippen LogP contribution < -0.4 is 5.32 Å². The summed E-state index contributed by atoms with van der Waals surface area (Å²) >= 11 is 1.76. The van der Waals surface area contributed by atoms with Crippen LogP contribution in [0.2, 0.25) is 0 Å². The molecule has 0 radical (unpaired) electrons. The SMILES string of the molecule is Cn1ccnc1C1=NC(c2cccs2)C(N2CCC2)Nc2ncccc21. The number of aliphatic imine (C=N–C) groups is 1. The van der Waals surface area contributed by atoms with E-state index in [1.165, 1.54) is 11.3 Å². The van der Waals surface area contributed by atoms with Gasteiger partial charge in [0.25, 0.3) is 0 Å². The Morgan fingerprint density at radius 2 is 2.08 bits per heavy atom. The van der Waals surface area contributed by atoms with Gasteiger partial charge in [-0.05, 0) is 30.0 Å². The molecule has 2 unspecified atom stereocenters. The summed E-state index contributed by atoms with van der Waals surface area (Å²) in [6, 6.07) is 8.32. The Balaban J connectivity index is 1.71. The highest BCUT2D eigenvalue weighted by molar-refractivity contribution is 7.10. The molecular formula is C19H20N6S. The number of nitrogens with zero attached hydrogens (tertiary/aromatic N) is 5. The van der Waals surface area contributed by atoms with Crippen LogP contribution in [0.5, 0.6) is 0 Å². The number of likely N-dealkylation sites (tertiary alicyclic amines) is 1. The van der Waals surface area contributed by atoms with Gasteiger partial charge in [-0.15, -0.1) is 11.3 Å². The number of aryl methyl sites for hydroxylation is 1. The highest BCUT2D eigenvalue weighted by atomic mass is 32.1. The minimum atomic E-state index is 0.0104. The van der Waals surface area contributed by atoms with Gasteiger partial charge in [-0.25, -0.2) is 9.97 Å². The van der Waals surface area contributed by atoms with Gasteiger partial charge in [-0.1, -0.05) is 6.07 Å². The van der Waals surface area contributed by atoms with E-state index in [1.807, 2.05) is 36.3 Å². The monoisotopic (exact) mass is 364 g/mol. The summed E-state index contributed by atoms with van der Waals surface area (Å²) in [4.78, 5) is 18.1. The molecule has 26 heavy (non-hydrogen) atoms. The van der Waals surface area contributed by atoms with Crippen LogP contribution in [-0.2, 0) is 7.05 Å². The van der Waals surface area contributed by atoms with Crippen molar-refractivity contribution in [2.24, 2.45) is 12.0 Å². The third-order valence-electron chi connectivity index (χ3n) is 5.07. The maximum atomic E-state index is 5.25. The number of imidazole rings is 1. The minimum Gasteiger partial charge on any atom is -0.352 e. The normalized spacial score (nSPS) is 22.7. The van der Waals surface area contributed by atoms with Crippen LogP contribution >= 0.6 is 11.3 Å². The highest BCUT2D eigenvalue weighted by Gasteiger charge is 2.36. The first-order valence-corrected chi connectivity index (χ1v) is 9.74. The molecular weight excluding hydrogens is 344 g/mol. The Labute approximate surface area is 156 Å². The first-order chi connectivity index (χ1) is 12.8. The summed E-state index contributed by atoms with van der Waals surface area (Å²) in [5.41, 5.74) is 1.90. The average Bonchev–Trinajstić information content (AvgIpc) is 3.24. The number of nitrogens with one attached hydrogen (secondary N) is 1. The standard InChI is InChI=1S/C19H20N6S/c1-24-11-8-21-18(24)15-13-5-2-7-20-17(13)23-19(25-9-4-10-25)16(22-15)14-6-3-12-26-14/h2-3,5-8,11-12,16,19H,4,9-10H2,1H3,(H,20,23). The summed E-state index contributed by atoms with van der Waals surface area (Å²) in [5.74, 6) is 1.75. The fourth-order valence-corrected chi connectivity index (χ4v) is 4.36. The second-order valence-corrected chi connectivity index (χ2v) is 7.66. The van der Waals surface area contributed by atoms with E-state index in [4.69, 9.17) is 4.99 Å². The molecule has 1 N–H and O–H groups in total. The zero-order valence-corrected chi connectivity index (χ0v) is 15.4. The predicted octanol–water partition coefficient (Wildman–Crippen LogP) is 2.91. The molecule has 1 fully saturated rings. The van der Waals surface area contributed by atoms with E-state index in [-0.39, 0.29) is 12.2 Å². The summed E-state index contributed by atoms with van der Waals surface area (Å²) in [5, 5.41) is 5.80. The number of fused-ring (bicyclic) bond motifs is 1. The van der Waals surface area contributed by atoms with Gasteiger partial charge in [0, 0.05) is 49.2 Å². The number of hydrogen-bond acceptors (Lipinski definition) is 6. The second kappa shape index (κ2) is 6.34.